The van der Waals surface area contributed by atoms with Crippen LogP contribution in [0.5, 0.6) is 17.2 Å². The fraction of sp³-hybridized carbons (Fsp3) is 0.708. The molecule has 0 aliphatic rings. The molecule has 0 heterocycles. The van der Waals surface area contributed by atoms with E-state index >= 15 is 0 Å². The smallest absolute Gasteiger partial charge is 0.203 e. The van der Waals surface area contributed by atoms with Crippen molar-refractivity contribution >= 4 is 12.4 Å². The number of methoxy groups -OCH3 is 3. The third-order valence-corrected chi connectivity index (χ3v) is 5.87. The Morgan fingerprint density at radius 1 is 0.967 bits per heavy atom. The van der Waals surface area contributed by atoms with Crippen LogP contribution < -0.4 is 14.2 Å². The Morgan fingerprint density at radius 3 is 1.97 bits per heavy atom. The van der Waals surface area contributed by atoms with Crippen LogP contribution in [-0.4, -0.2) is 46.4 Å². The monoisotopic (exact) mass is 440 g/mol. The number of ether oxygens (including phenoxy) is 3. The highest BCUT2D eigenvalue weighted by Crippen LogP contribution is 2.45. The van der Waals surface area contributed by atoms with Crippen LogP contribution in [0.4, 0.5) is 0 Å². The molecule has 1 rings (SSSR count). The lowest BCUT2D eigenvalue weighted by Crippen LogP contribution is -2.32. The minimum atomic E-state index is -0.601. The Hall–Kier alpha value is -1.64. The van der Waals surface area contributed by atoms with Crippen LogP contribution >= 0.6 is 12.4 Å². The predicted molar refractivity (Wildman–Crippen MR) is 126 cm³/mol. The van der Waals surface area contributed by atoms with Gasteiger partial charge in [-0.25, -0.2) is 0 Å². The van der Waals surface area contributed by atoms with E-state index in [9.17, 15) is 5.26 Å². The molecule has 1 aromatic rings. The minimum Gasteiger partial charge on any atom is -0.493 e. The van der Waals surface area contributed by atoms with Gasteiger partial charge in [0.15, 0.2) is 11.5 Å². The molecular weight excluding hydrogens is 400 g/mol. The van der Waals surface area contributed by atoms with E-state index in [4.69, 9.17) is 14.2 Å². The van der Waals surface area contributed by atoms with E-state index in [1.54, 1.807) is 21.3 Å². The number of hydrogen-bond donors (Lipinski definition) is 0. The molecule has 0 spiro atoms. The summed E-state index contributed by atoms with van der Waals surface area (Å²) in [6.45, 7) is 8.57. The van der Waals surface area contributed by atoms with Gasteiger partial charge in [-0.05, 0) is 63.0 Å². The number of halogens is 1. The number of benzene rings is 1. The molecule has 1 atom stereocenters. The van der Waals surface area contributed by atoms with E-state index < -0.39 is 5.41 Å². The lowest BCUT2D eigenvalue weighted by molar-refractivity contribution is 0.284. The number of nitrogens with zero attached hydrogens (tertiary/aromatic N) is 2. The van der Waals surface area contributed by atoms with Gasteiger partial charge in [-0.1, -0.05) is 40.0 Å². The van der Waals surface area contributed by atoms with Crippen molar-refractivity contribution in [1.82, 2.24) is 4.90 Å². The van der Waals surface area contributed by atoms with E-state index in [2.05, 4.69) is 38.8 Å². The third-order valence-electron chi connectivity index (χ3n) is 5.87. The first-order chi connectivity index (χ1) is 13.9. The highest BCUT2D eigenvalue weighted by atomic mass is 35.5. The summed E-state index contributed by atoms with van der Waals surface area (Å²) in [5.41, 5.74) is 0.325. The molecule has 0 amide bonds. The second kappa shape index (κ2) is 14.4. The van der Waals surface area contributed by atoms with Crippen molar-refractivity contribution in [2.24, 2.45) is 5.92 Å². The normalized spacial score (nSPS) is 12.8. The maximum atomic E-state index is 10.2. The first kappa shape index (κ1) is 28.4. The first-order valence-electron chi connectivity index (χ1n) is 10.8. The van der Waals surface area contributed by atoms with Crippen LogP contribution in [0.25, 0.3) is 0 Å². The maximum Gasteiger partial charge on any atom is 0.203 e. The van der Waals surface area contributed by atoms with E-state index in [0.29, 0.717) is 17.2 Å². The molecule has 5 nitrogen and oxygen atoms in total. The number of unbranched alkanes of at least 4 members (excludes halogenated alkanes) is 3. The average molecular weight is 441 g/mol. The second-order valence-corrected chi connectivity index (χ2v) is 8.12. The molecule has 6 heteroatoms. The van der Waals surface area contributed by atoms with Gasteiger partial charge in [-0.15, -0.1) is 12.4 Å². The molecule has 1 aromatic carbocycles. The largest absolute Gasteiger partial charge is 0.493 e. The summed E-state index contributed by atoms with van der Waals surface area (Å²) < 4.78 is 16.5. The van der Waals surface area contributed by atoms with Crippen molar-refractivity contribution < 1.29 is 14.2 Å². The minimum absolute atomic E-state index is 0. The van der Waals surface area contributed by atoms with Crippen LogP contribution in [0.15, 0.2) is 12.1 Å². The number of hydrogen-bond acceptors (Lipinski definition) is 5. The molecule has 0 saturated heterocycles. The van der Waals surface area contributed by atoms with E-state index in [1.165, 1.54) is 25.7 Å². The molecule has 0 N–H and O–H groups in total. The average Bonchev–Trinajstić information content (AvgIpc) is 2.73. The van der Waals surface area contributed by atoms with Gasteiger partial charge in [-0.3, -0.25) is 0 Å². The summed E-state index contributed by atoms with van der Waals surface area (Å²) in [6.07, 6.45) is 6.86. The molecule has 172 valence electrons. The molecule has 0 unspecified atom stereocenters. The van der Waals surface area contributed by atoms with Gasteiger partial charge in [0.05, 0.1) is 32.8 Å². The Labute approximate surface area is 190 Å². The van der Waals surface area contributed by atoms with Gasteiger partial charge < -0.3 is 19.1 Å². The summed E-state index contributed by atoms with van der Waals surface area (Å²) in [5.74, 6) is 1.90. The number of rotatable bonds is 14. The van der Waals surface area contributed by atoms with Gasteiger partial charge >= 0.3 is 0 Å². The van der Waals surface area contributed by atoms with E-state index in [1.807, 2.05) is 12.1 Å². The van der Waals surface area contributed by atoms with Crippen molar-refractivity contribution in [3.05, 3.63) is 17.7 Å². The second-order valence-electron chi connectivity index (χ2n) is 8.12. The zero-order chi connectivity index (χ0) is 21.9. The molecule has 30 heavy (non-hydrogen) atoms. The molecule has 0 bridgehead atoms. The van der Waals surface area contributed by atoms with E-state index in [-0.39, 0.29) is 18.3 Å². The molecular formula is C24H41ClN2O3. The highest BCUT2D eigenvalue weighted by molar-refractivity contribution is 5.85. The Balaban J connectivity index is 0.00000841. The zero-order valence-corrected chi connectivity index (χ0v) is 20.7. The molecule has 0 saturated carbocycles. The summed E-state index contributed by atoms with van der Waals surface area (Å²) in [6, 6.07) is 6.49. The van der Waals surface area contributed by atoms with Gasteiger partial charge in [-0.2, -0.15) is 5.26 Å². The Kier molecular flexibility index (Phi) is 13.6. The van der Waals surface area contributed by atoms with Crippen molar-refractivity contribution in [1.29, 1.82) is 5.26 Å². The molecule has 0 aromatic heterocycles. The third kappa shape index (κ3) is 7.25. The Morgan fingerprint density at radius 2 is 1.53 bits per heavy atom. The van der Waals surface area contributed by atoms with Crippen LogP contribution in [0.1, 0.15) is 64.9 Å². The zero-order valence-electron chi connectivity index (χ0n) is 19.9. The van der Waals surface area contributed by atoms with Crippen LogP contribution in [-0.2, 0) is 5.41 Å². The maximum absolute atomic E-state index is 10.2. The lowest BCUT2D eigenvalue weighted by atomic mass is 9.69. The molecule has 0 aliphatic heterocycles. The van der Waals surface area contributed by atoms with Crippen LogP contribution in [0, 0.1) is 17.2 Å². The predicted octanol–water partition coefficient (Wildman–Crippen LogP) is 5.84. The van der Waals surface area contributed by atoms with Crippen LogP contribution in [0.2, 0.25) is 0 Å². The van der Waals surface area contributed by atoms with E-state index in [0.717, 1.165) is 31.5 Å². The van der Waals surface area contributed by atoms with Gasteiger partial charge in [0.1, 0.15) is 0 Å². The molecule has 0 fully saturated rings. The van der Waals surface area contributed by atoms with Crippen molar-refractivity contribution in [3.63, 3.8) is 0 Å². The SMILES string of the molecule is CCCCCCN(C)CCC[C@@](C#N)(c1cc(OC)c(OC)c(OC)c1)C(C)C.Cl. The van der Waals surface area contributed by atoms with Gasteiger partial charge in [0, 0.05) is 0 Å². The molecule has 0 radical (unpaired) electrons. The van der Waals surface area contributed by atoms with Crippen molar-refractivity contribution in [2.45, 2.75) is 64.7 Å². The number of nitriles is 1. The highest BCUT2D eigenvalue weighted by Gasteiger charge is 2.37. The van der Waals surface area contributed by atoms with Gasteiger partial charge in [0.2, 0.25) is 5.75 Å². The first-order valence-corrected chi connectivity index (χ1v) is 10.8. The topological polar surface area (TPSA) is 54.7 Å². The standard InChI is InChI=1S/C24H40N2O3.ClH/c1-8-9-10-11-14-26(4)15-12-13-24(18-25,19(2)3)20-16-21(27-5)23(29-7)22(17-20)28-6;/h16-17,19H,8-15H2,1-7H3;1H/t24-;/m0./s1. The summed E-state index contributed by atoms with van der Waals surface area (Å²) in [5, 5.41) is 10.2. The summed E-state index contributed by atoms with van der Waals surface area (Å²) in [7, 11) is 6.99. The fourth-order valence-corrected chi connectivity index (χ4v) is 3.90. The summed E-state index contributed by atoms with van der Waals surface area (Å²) >= 11 is 0. The van der Waals surface area contributed by atoms with Gasteiger partial charge in [0.25, 0.3) is 0 Å². The van der Waals surface area contributed by atoms with Crippen LogP contribution in [0.3, 0.4) is 0 Å². The quantitative estimate of drug-likeness (QED) is 0.340. The fourth-order valence-electron chi connectivity index (χ4n) is 3.90. The lowest BCUT2D eigenvalue weighted by Gasteiger charge is -2.33. The van der Waals surface area contributed by atoms with Crippen molar-refractivity contribution in [2.75, 3.05) is 41.5 Å². The molecule has 0 aliphatic carbocycles. The Bertz CT molecular complexity index is 635. The van der Waals surface area contributed by atoms with Crippen molar-refractivity contribution in [3.8, 4) is 23.3 Å². The summed E-state index contributed by atoms with van der Waals surface area (Å²) in [4.78, 5) is 2.38.